The first-order valence-corrected chi connectivity index (χ1v) is 8.02. The summed E-state index contributed by atoms with van der Waals surface area (Å²) in [4.78, 5) is 9.72. The van der Waals surface area contributed by atoms with Crippen molar-refractivity contribution in [2.75, 3.05) is 5.75 Å². The minimum Gasteiger partial charge on any atom is -0.307 e. The lowest BCUT2D eigenvalue weighted by molar-refractivity contribution is 0.649. The molecule has 18 heavy (non-hydrogen) atoms. The standard InChI is InChI=1S/C14H21N3S/c1-9(2)13-10-7-15-8-11(10)16-14(17-13)12-5-3-4-6-18-12/h9,12,15H,3-8H2,1-2H3. The molecule has 0 radical (unpaired) electrons. The van der Waals surface area contributed by atoms with Gasteiger partial charge in [-0.25, -0.2) is 9.97 Å². The van der Waals surface area contributed by atoms with E-state index in [0.29, 0.717) is 11.2 Å². The number of hydrogen-bond acceptors (Lipinski definition) is 4. The van der Waals surface area contributed by atoms with Crippen molar-refractivity contribution >= 4 is 11.8 Å². The predicted molar refractivity (Wildman–Crippen MR) is 75.7 cm³/mol. The fourth-order valence-corrected chi connectivity index (χ4v) is 4.02. The summed E-state index contributed by atoms with van der Waals surface area (Å²) in [6, 6.07) is 0. The number of nitrogens with one attached hydrogen (secondary N) is 1. The quantitative estimate of drug-likeness (QED) is 0.889. The van der Waals surface area contributed by atoms with E-state index in [2.05, 4.69) is 19.2 Å². The molecule has 1 aromatic heterocycles. The van der Waals surface area contributed by atoms with Crippen LogP contribution in [0.1, 0.15) is 67.1 Å². The van der Waals surface area contributed by atoms with Crippen LogP contribution in [0.25, 0.3) is 0 Å². The highest BCUT2D eigenvalue weighted by Gasteiger charge is 2.25. The molecular formula is C14H21N3S. The molecule has 3 heterocycles. The number of rotatable bonds is 2. The van der Waals surface area contributed by atoms with Gasteiger partial charge in [-0.3, -0.25) is 0 Å². The molecule has 2 aliphatic heterocycles. The third-order valence-electron chi connectivity index (χ3n) is 3.75. The maximum atomic E-state index is 4.90. The molecule has 1 fully saturated rings. The summed E-state index contributed by atoms with van der Waals surface area (Å²) >= 11 is 2.04. The second-order valence-corrected chi connectivity index (χ2v) is 6.82. The first-order chi connectivity index (χ1) is 8.75. The van der Waals surface area contributed by atoms with Crippen molar-refractivity contribution in [1.82, 2.24) is 15.3 Å². The number of aromatic nitrogens is 2. The third kappa shape index (κ3) is 2.28. The van der Waals surface area contributed by atoms with E-state index < -0.39 is 0 Å². The Balaban J connectivity index is 1.97. The molecule has 0 aromatic carbocycles. The average Bonchev–Trinajstić information content (AvgIpc) is 2.86. The molecule has 3 nitrogen and oxygen atoms in total. The largest absolute Gasteiger partial charge is 0.307 e. The molecule has 0 saturated carbocycles. The number of fused-ring (bicyclic) bond motifs is 1. The summed E-state index contributed by atoms with van der Waals surface area (Å²) in [6.07, 6.45) is 3.92. The summed E-state index contributed by atoms with van der Waals surface area (Å²) in [5.74, 6) is 2.85. The first kappa shape index (κ1) is 12.4. The van der Waals surface area contributed by atoms with Gasteiger partial charge in [0.15, 0.2) is 0 Å². The van der Waals surface area contributed by atoms with Gasteiger partial charge in [-0.1, -0.05) is 20.3 Å². The lowest BCUT2D eigenvalue weighted by Crippen LogP contribution is -2.12. The summed E-state index contributed by atoms with van der Waals surface area (Å²) in [6.45, 7) is 6.33. The van der Waals surface area contributed by atoms with Crippen LogP contribution in [0.2, 0.25) is 0 Å². The molecular weight excluding hydrogens is 242 g/mol. The lowest BCUT2D eigenvalue weighted by Gasteiger charge is -2.22. The van der Waals surface area contributed by atoms with Gasteiger partial charge in [-0.15, -0.1) is 0 Å². The minimum atomic E-state index is 0.494. The maximum absolute atomic E-state index is 4.90. The molecule has 1 saturated heterocycles. The molecule has 3 rings (SSSR count). The average molecular weight is 263 g/mol. The highest BCUT2D eigenvalue weighted by atomic mass is 32.2. The van der Waals surface area contributed by atoms with E-state index in [9.17, 15) is 0 Å². The molecule has 1 N–H and O–H groups in total. The Bertz CT molecular complexity index is 439. The van der Waals surface area contributed by atoms with Crippen LogP contribution < -0.4 is 5.32 Å². The van der Waals surface area contributed by atoms with Gasteiger partial charge in [0.25, 0.3) is 0 Å². The number of nitrogens with zero attached hydrogens (tertiary/aromatic N) is 2. The molecule has 4 heteroatoms. The van der Waals surface area contributed by atoms with Gasteiger partial charge in [0.05, 0.1) is 16.6 Å². The molecule has 1 atom stereocenters. The first-order valence-electron chi connectivity index (χ1n) is 6.97. The number of thioether (sulfide) groups is 1. The summed E-state index contributed by atoms with van der Waals surface area (Å²) in [5, 5.41) is 3.93. The van der Waals surface area contributed by atoms with Crippen LogP contribution in [0, 0.1) is 0 Å². The summed E-state index contributed by atoms with van der Waals surface area (Å²) in [5.41, 5.74) is 3.87. The highest BCUT2D eigenvalue weighted by molar-refractivity contribution is 7.99. The SMILES string of the molecule is CC(C)c1nc(C2CCCCS2)nc2c1CNC2. The van der Waals surface area contributed by atoms with Crippen LogP contribution in [0.3, 0.4) is 0 Å². The molecule has 0 spiro atoms. The van der Waals surface area contributed by atoms with Crippen molar-refractivity contribution in [1.29, 1.82) is 0 Å². The van der Waals surface area contributed by atoms with E-state index >= 15 is 0 Å². The van der Waals surface area contributed by atoms with Crippen molar-refractivity contribution in [3.05, 3.63) is 22.8 Å². The topological polar surface area (TPSA) is 37.8 Å². The molecule has 0 bridgehead atoms. The van der Waals surface area contributed by atoms with Crippen LogP contribution >= 0.6 is 11.8 Å². The molecule has 1 aromatic rings. The van der Waals surface area contributed by atoms with Crippen LogP contribution in [0.15, 0.2) is 0 Å². The van der Waals surface area contributed by atoms with Crippen LogP contribution in [-0.4, -0.2) is 15.7 Å². The number of hydrogen-bond donors (Lipinski definition) is 1. The lowest BCUT2D eigenvalue weighted by atomic mass is 10.0. The maximum Gasteiger partial charge on any atom is 0.141 e. The zero-order valence-electron chi connectivity index (χ0n) is 11.2. The molecule has 98 valence electrons. The van der Waals surface area contributed by atoms with E-state index in [1.807, 2.05) is 11.8 Å². The van der Waals surface area contributed by atoms with Gasteiger partial charge in [-0.2, -0.15) is 11.8 Å². The van der Waals surface area contributed by atoms with Crippen molar-refractivity contribution in [3.63, 3.8) is 0 Å². The van der Waals surface area contributed by atoms with Gasteiger partial charge in [0.1, 0.15) is 5.82 Å². The van der Waals surface area contributed by atoms with E-state index in [1.165, 1.54) is 42.0 Å². The summed E-state index contributed by atoms with van der Waals surface area (Å²) < 4.78 is 0. The zero-order valence-corrected chi connectivity index (χ0v) is 12.0. The van der Waals surface area contributed by atoms with Gasteiger partial charge in [-0.05, 0) is 24.5 Å². The monoisotopic (exact) mass is 263 g/mol. The molecule has 2 aliphatic rings. The molecule has 1 unspecified atom stereocenters. The van der Waals surface area contributed by atoms with E-state index in [-0.39, 0.29) is 0 Å². The zero-order chi connectivity index (χ0) is 12.5. The smallest absolute Gasteiger partial charge is 0.141 e. The van der Waals surface area contributed by atoms with Crippen LogP contribution in [-0.2, 0) is 13.1 Å². The minimum absolute atomic E-state index is 0.494. The van der Waals surface area contributed by atoms with Crippen LogP contribution in [0.4, 0.5) is 0 Å². The summed E-state index contributed by atoms with van der Waals surface area (Å²) in [7, 11) is 0. The van der Waals surface area contributed by atoms with Gasteiger partial charge < -0.3 is 5.32 Å². The van der Waals surface area contributed by atoms with Crippen molar-refractivity contribution < 1.29 is 0 Å². The van der Waals surface area contributed by atoms with Crippen LogP contribution in [0.5, 0.6) is 0 Å². The van der Waals surface area contributed by atoms with Gasteiger partial charge in [0.2, 0.25) is 0 Å². The van der Waals surface area contributed by atoms with Crippen molar-refractivity contribution in [2.24, 2.45) is 0 Å². The Morgan fingerprint density at radius 3 is 2.83 bits per heavy atom. The Morgan fingerprint density at radius 2 is 2.11 bits per heavy atom. The predicted octanol–water partition coefficient (Wildman–Crippen LogP) is 3.16. The Kier molecular flexibility index (Phi) is 3.57. The fourth-order valence-electron chi connectivity index (χ4n) is 2.78. The second-order valence-electron chi connectivity index (χ2n) is 5.51. The molecule has 0 amide bonds. The van der Waals surface area contributed by atoms with E-state index in [4.69, 9.17) is 9.97 Å². The molecule has 0 aliphatic carbocycles. The highest BCUT2D eigenvalue weighted by Crippen LogP contribution is 2.37. The Hall–Kier alpha value is -0.610. The van der Waals surface area contributed by atoms with E-state index in [1.54, 1.807) is 0 Å². The second kappa shape index (κ2) is 5.17. The Morgan fingerprint density at radius 1 is 1.22 bits per heavy atom. The van der Waals surface area contributed by atoms with E-state index in [0.717, 1.165) is 18.9 Å². The van der Waals surface area contributed by atoms with Gasteiger partial charge in [0, 0.05) is 18.7 Å². The van der Waals surface area contributed by atoms with Gasteiger partial charge >= 0.3 is 0 Å². The third-order valence-corrected chi connectivity index (χ3v) is 5.12. The van der Waals surface area contributed by atoms with Crippen molar-refractivity contribution in [3.8, 4) is 0 Å². The van der Waals surface area contributed by atoms with Crippen molar-refractivity contribution in [2.45, 2.75) is 57.4 Å². The fraction of sp³-hybridized carbons (Fsp3) is 0.714. The normalized spacial score (nSPS) is 23.4. The Labute approximate surface area is 113 Å².